The summed E-state index contributed by atoms with van der Waals surface area (Å²) in [6.45, 7) is 0. The van der Waals surface area contributed by atoms with E-state index in [1.165, 1.54) is 11.8 Å². The van der Waals surface area contributed by atoms with E-state index in [1.54, 1.807) is 11.3 Å². The number of nitrogens with zero attached hydrogens (tertiary/aromatic N) is 3. The zero-order valence-corrected chi connectivity index (χ0v) is 16.4. The quantitative estimate of drug-likeness (QED) is 0.282. The summed E-state index contributed by atoms with van der Waals surface area (Å²) in [4.78, 5) is 14.2. The molecule has 0 saturated heterocycles. The van der Waals surface area contributed by atoms with Gasteiger partial charge in [0.15, 0.2) is 10.9 Å². The maximum Gasteiger partial charge on any atom is 0.217 e. The number of Topliss-reactive ketones (excluding diaryl/α,β-unsaturated/α-hetero) is 1. The number of benzene rings is 3. The van der Waals surface area contributed by atoms with Crippen LogP contribution in [0.4, 0.5) is 0 Å². The summed E-state index contributed by atoms with van der Waals surface area (Å²) in [6, 6.07) is 27.4. The molecule has 0 fully saturated rings. The Labute approximate surface area is 169 Å². The first-order valence-electron chi connectivity index (χ1n) is 8.85. The molecule has 0 amide bonds. The Morgan fingerprint density at radius 2 is 1.54 bits per heavy atom. The van der Waals surface area contributed by atoms with Crippen LogP contribution >= 0.6 is 23.1 Å². The Kier molecular flexibility index (Phi) is 4.43. The second kappa shape index (κ2) is 7.22. The van der Waals surface area contributed by atoms with Crippen LogP contribution in [0.3, 0.4) is 0 Å². The SMILES string of the molecule is O=C(c1ccccc1)C(Sc1nnc2sc3ccccc3n12)c1ccccc1. The second-order valence-electron chi connectivity index (χ2n) is 6.31. The molecular weight excluding hydrogens is 386 g/mol. The number of hydrogen-bond acceptors (Lipinski definition) is 5. The van der Waals surface area contributed by atoms with Gasteiger partial charge in [-0.3, -0.25) is 9.20 Å². The van der Waals surface area contributed by atoms with Crippen molar-refractivity contribution >= 4 is 44.1 Å². The summed E-state index contributed by atoms with van der Waals surface area (Å²) in [5.41, 5.74) is 2.71. The number of thiazole rings is 1. The lowest BCUT2D eigenvalue weighted by molar-refractivity contribution is 0.0989. The van der Waals surface area contributed by atoms with Crippen molar-refractivity contribution in [1.29, 1.82) is 0 Å². The van der Waals surface area contributed by atoms with Crippen molar-refractivity contribution in [2.45, 2.75) is 10.4 Å². The van der Waals surface area contributed by atoms with Crippen molar-refractivity contribution in [1.82, 2.24) is 14.6 Å². The Bertz CT molecular complexity index is 1260. The number of rotatable bonds is 5. The number of carbonyl (C=O) groups excluding carboxylic acids is 1. The monoisotopic (exact) mass is 401 g/mol. The van der Waals surface area contributed by atoms with Crippen LogP contribution in [0.25, 0.3) is 15.2 Å². The van der Waals surface area contributed by atoms with Gasteiger partial charge in [-0.15, -0.1) is 10.2 Å². The van der Waals surface area contributed by atoms with Crippen molar-refractivity contribution < 1.29 is 4.79 Å². The van der Waals surface area contributed by atoms with Crippen LogP contribution in [0, 0.1) is 0 Å². The molecule has 3 aromatic carbocycles. The molecular formula is C22H15N3OS2. The Balaban J connectivity index is 1.61. The third kappa shape index (κ3) is 3.00. The molecule has 2 aromatic heterocycles. The predicted octanol–water partition coefficient (Wildman–Crippen LogP) is 5.66. The maximum atomic E-state index is 13.3. The van der Waals surface area contributed by atoms with Gasteiger partial charge in [-0.2, -0.15) is 0 Å². The average molecular weight is 402 g/mol. The van der Waals surface area contributed by atoms with Crippen LogP contribution in [-0.4, -0.2) is 20.4 Å². The summed E-state index contributed by atoms with van der Waals surface area (Å²) in [7, 11) is 0. The van der Waals surface area contributed by atoms with Crippen LogP contribution in [-0.2, 0) is 0 Å². The first-order chi connectivity index (χ1) is 13.8. The molecule has 0 aliphatic rings. The van der Waals surface area contributed by atoms with Crippen molar-refractivity contribution in [2.75, 3.05) is 0 Å². The lowest BCUT2D eigenvalue weighted by atomic mass is 10.0. The molecule has 0 bridgehead atoms. The van der Waals surface area contributed by atoms with Crippen molar-refractivity contribution in [3.63, 3.8) is 0 Å². The van der Waals surface area contributed by atoms with E-state index < -0.39 is 5.25 Å². The molecule has 136 valence electrons. The highest BCUT2D eigenvalue weighted by molar-refractivity contribution is 8.00. The van der Waals surface area contributed by atoms with Gasteiger partial charge in [0.1, 0.15) is 5.25 Å². The van der Waals surface area contributed by atoms with Crippen LogP contribution in [0.15, 0.2) is 90.1 Å². The molecule has 5 rings (SSSR count). The average Bonchev–Trinajstić information content (AvgIpc) is 3.32. The number of fused-ring (bicyclic) bond motifs is 3. The second-order valence-corrected chi connectivity index (χ2v) is 8.39. The van der Waals surface area contributed by atoms with Gasteiger partial charge in [0.25, 0.3) is 0 Å². The normalized spacial score (nSPS) is 12.4. The van der Waals surface area contributed by atoms with Crippen LogP contribution in [0.5, 0.6) is 0 Å². The molecule has 0 N–H and O–H groups in total. The van der Waals surface area contributed by atoms with E-state index in [0.717, 1.165) is 25.9 Å². The van der Waals surface area contributed by atoms with E-state index in [-0.39, 0.29) is 5.78 Å². The minimum Gasteiger partial charge on any atom is -0.293 e. The number of hydrogen-bond donors (Lipinski definition) is 0. The van der Waals surface area contributed by atoms with Crippen LogP contribution < -0.4 is 0 Å². The number of para-hydroxylation sites is 1. The summed E-state index contributed by atoms with van der Waals surface area (Å²) >= 11 is 3.05. The standard InChI is InChI=1S/C22H15N3OS2/c26-19(15-9-3-1-4-10-15)20(16-11-5-2-6-12-16)28-22-24-23-21-25(22)17-13-7-8-14-18(17)27-21/h1-14,20H. The molecule has 4 nitrogen and oxygen atoms in total. The van der Waals surface area contributed by atoms with E-state index >= 15 is 0 Å². The van der Waals surface area contributed by atoms with E-state index in [2.05, 4.69) is 22.3 Å². The number of thioether (sulfide) groups is 1. The predicted molar refractivity (Wildman–Crippen MR) is 114 cm³/mol. The highest BCUT2D eigenvalue weighted by Gasteiger charge is 2.26. The van der Waals surface area contributed by atoms with Crippen molar-refractivity contribution in [3.8, 4) is 0 Å². The minimum absolute atomic E-state index is 0.0630. The largest absolute Gasteiger partial charge is 0.293 e. The molecule has 0 aliphatic heterocycles. The molecule has 5 aromatic rings. The molecule has 1 unspecified atom stereocenters. The molecule has 0 radical (unpaired) electrons. The zero-order valence-electron chi connectivity index (χ0n) is 14.7. The Morgan fingerprint density at radius 3 is 2.32 bits per heavy atom. The maximum absolute atomic E-state index is 13.3. The van der Waals surface area contributed by atoms with Crippen molar-refractivity contribution in [2.24, 2.45) is 0 Å². The van der Waals surface area contributed by atoms with Gasteiger partial charge in [-0.05, 0) is 17.7 Å². The van der Waals surface area contributed by atoms with E-state index in [1.807, 2.05) is 77.2 Å². The van der Waals surface area contributed by atoms with E-state index in [4.69, 9.17) is 0 Å². The number of carbonyl (C=O) groups is 1. The summed E-state index contributed by atoms with van der Waals surface area (Å²) in [5, 5.41) is 9.05. The molecule has 1 atom stereocenters. The number of ketones is 1. The van der Waals surface area contributed by atoms with E-state index in [9.17, 15) is 4.79 Å². The van der Waals surface area contributed by atoms with Gasteiger partial charge in [0, 0.05) is 5.56 Å². The third-order valence-electron chi connectivity index (χ3n) is 4.53. The first-order valence-corrected chi connectivity index (χ1v) is 10.5. The van der Waals surface area contributed by atoms with Gasteiger partial charge < -0.3 is 0 Å². The molecule has 0 spiro atoms. The fourth-order valence-electron chi connectivity index (χ4n) is 3.19. The van der Waals surface area contributed by atoms with Gasteiger partial charge in [-0.25, -0.2) is 0 Å². The van der Waals surface area contributed by atoms with E-state index in [0.29, 0.717) is 5.56 Å². The van der Waals surface area contributed by atoms with Crippen LogP contribution in [0.2, 0.25) is 0 Å². The fraction of sp³-hybridized carbons (Fsp3) is 0.0455. The highest BCUT2D eigenvalue weighted by atomic mass is 32.2. The number of aromatic nitrogens is 3. The summed E-state index contributed by atoms with van der Waals surface area (Å²) in [5.74, 6) is 0.0630. The molecule has 0 aliphatic carbocycles. The van der Waals surface area contributed by atoms with Gasteiger partial charge >= 0.3 is 0 Å². The fourth-order valence-corrected chi connectivity index (χ4v) is 5.34. The minimum atomic E-state index is -0.394. The lowest BCUT2D eigenvalue weighted by Gasteiger charge is -2.15. The van der Waals surface area contributed by atoms with Gasteiger partial charge in [-0.1, -0.05) is 95.9 Å². The first kappa shape index (κ1) is 17.2. The zero-order chi connectivity index (χ0) is 18.9. The van der Waals surface area contributed by atoms with Crippen LogP contribution in [0.1, 0.15) is 21.2 Å². The molecule has 0 saturated carbocycles. The van der Waals surface area contributed by atoms with Gasteiger partial charge in [0.05, 0.1) is 10.2 Å². The molecule has 6 heteroatoms. The smallest absolute Gasteiger partial charge is 0.217 e. The Morgan fingerprint density at radius 1 is 0.857 bits per heavy atom. The molecule has 28 heavy (non-hydrogen) atoms. The van der Waals surface area contributed by atoms with Gasteiger partial charge in [0.2, 0.25) is 4.96 Å². The summed E-state index contributed by atoms with van der Waals surface area (Å²) in [6.07, 6.45) is 0. The van der Waals surface area contributed by atoms with Crippen molar-refractivity contribution in [3.05, 3.63) is 96.1 Å². The highest BCUT2D eigenvalue weighted by Crippen LogP contribution is 2.39. The Hall–Kier alpha value is -2.96. The summed E-state index contributed by atoms with van der Waals surface area (Å²) < 4.78 is 3.19. The lowest BCUT2D eigenvalue weighted by Crippen LogP contribution is -2.10. The topological polar surface area (TPSA) is 47.3 Å². The molecule has 2 heterocycles. The third-order valence-corrected chi connectivity index (χ3v) is 6.74.